The molecule has 0 unspecified atom stereocenters. The SMILES string of the molecule is COc1ccc2sc(N(Cc3ccncc3)C(=O)c3cccc(SC(C)C)c3)nc2c1. The van der Waals surface area contributed by atoms with Crippen LogP contribution in [0.15, 0.2) is 71.9 Å². The molecule has 0 aliphatic carbocycles. The lowest BCUT2D eigenvalue weighted by atomic mass is 10.2. The molecule has 0 saturated heterocycles. The van der Waals surface area contributed by atoms with Gasteiger partial charge in [-0.3, -0.25) is 14.7 Å². The highest BCUT2D eigenvalue weighted by Gasteiger charge is 2.22. The van der Waals surface area contributed by atoms with Crippen LogP contribution in [0.4, 0.5) is 5.13 Å². The first-order chi connectivity index (χ1) is 15.0. The third kappa shape index (κ3) is 5.06. The van der Waals surface area contributed by atoms with Crippen LogP contribution in [0.5, 0.6) is 5.75 Å². The van der Waals surface area contributed by atoms with Crippen molar-refractivity contribution in [2.24, 2.45) is 0 Å². The van der Waals surface area contributed by atoms with Gasteiger partial charge in [-0.15, -0.1) is 11.8 Å². The van der Waals surface area contributed by atoms with Gasteiger partial charge in [0.25, 0.3) is 5.91 Å². The van der Waals surface area contributed by atoms with Crippen LogP contribution in [-0.2, 0) is 6.54 Å². The highest BCUT2D eigenvalue weighted by molar-refractivity contribution is 7.99. The average molecular weight is 450 g/mol. The molecular formula is C24H23N3O2S2. The van der Waals surface area contributed by atoms with E-state index in [2.05, 4.69) is 18.8 Å². The Kier molecular flexibility index (Phi) is 6.53. The first kappa shape index (κ1) is 21.3. The average Bonchev–Trinajstić information content (AvgIpc) is 3.20. The molecule has 0 fully saturated rings. The Hall–Kier alpha value is -2.90. The molecule has 158 valence electrons. The summed E-state index contributed by atoms with van der Waals surface area (Å²) in [7, 11) is 1.63. The number of methoxy groups -OCH3 is 1. The smallest absolute Gasteiger partial charge is 0.260 e. The van der Waals surface area contributed by atoms with E-state index in [1.54, 1.807) is 36.2 Å². The molecule has 0 N–H and O–H groups in total. The predicted molar refractivity (Wildman–Crippen MR) is 128 cm³/mol. The van der Waals surface area contributed by atoms with Gasteiger partial charge < -0.3 is 4.74 Å². The van der Waals surface area contributed by atoms with Crippen LogP contribution < -0.4 is 9.64 Å². The monoisotopic (exact) mass is 449 g/mol. The molecule has 31 heavy (non-hydrogen) atoms. The second-order valence-corrected chi connectivity index (χ2v) is 9.93. The number of aromatic nitrogens is 2. The second kappa shape index (κ2) is 9.49. The van der Waals surface area contributed by atoms with E-state index in [0.29, 0.717) is 22.5 Å². The summed E-state index contributed by atoms with van der Waals surface area (Å²) in [4.78, 5) is 25.3. The highest BCUT2D eigenvalue weighted by Crippen LogP contribution is 2.33. The fourth-order valence-corrected chi connectivity index (χ4v) is 5.01. The molecular weight excluding hydrogens is 426 g/mol. The molecule has 0 saturated carbocycles. The highest BCUT2D eigenvalue weighted by atomic mass is 32.2. The minimum Gasteiger partial charge on any atom is -0.497 e. The number of thioether (sulfide) groups is 1. The number of amides is 1. The first-order valence-electron chi connectivity index (χ1n) is 9.95. The lowest BCUT2D eigenvalue weighted by Crippen LogP contribution is -2.30. The first-order valence-corrected chi connectivity index (χ1v) is 11.6. The summed E-state index contributed by atoms with van der Waals surface area (Å²) in [5.41, 5.74) is 2.46. The van der Waals surface area contributed by atoms with Gasteiger partial charge in [0.1, 0.15) is 5.75 Å². The summed E-state index contributed by atoms with van der Waals surface area (Å²) < 4.78 is 6.33. The van der Waals surface area contributed by atoms with Crippen molar-refractivity contribution in [1.29, 1.82) is 0 Å². The number of hydrogen-bond donors (Lipinski definition) is 0. The number of thiazole rings is 1. The van der Waals surface area contributed by atoms with Gasteiger partial charge in [0, 0.05) is 34.2 Å². The predicted octanol–water partition coefficient (Wildman–Crippen LogP) is 6.05. The van der Waals surface area contributed by atoms with Gasteiger partial charge in [-0.1, -0.05) is 31.3 Å². The number of benzene rings is 2. The number of fused-ring (bicyclic) bond motifs is 1. The number of rotatable bonds is 7. The minimum absolute atomic E-state index is 0.0750. The van der Waals surface area contributed by atoms with Crippen molar-refractivity contribution in [3.63, 3.8) is 0 Å². The van der Waals surface area contributed by atoms with Crippen LogP contribution in [0.25, 0.3) is 10.2 Å². The van der Waals surface area contributed by atoms with Gasteiger partial charge in [-0.25, -0.2) is 4.98 Å². The summed E-state index contributed by atoms with van der Waals surface area (Å²) in [5, 5.41) is 1.10. The van der Waals surface area contributed by atoms with Gasteiger partial charge in [0.15, 0.2) is 5.13 Å². The Morgan fingerprint density at radius 1 is 1.13 bits per heavy atom. The van der Waals surface area contributed by atoms with E-state index in [1.807, 2.05) is 54.6 Å². The Bertz CT molecular complexity index is 1190. The molecule has 4 aromatic rings. The van der Waals surface area contributed by atoms with Crippen LogP contribution in [0.3, 0.4) is 0 Å². The molecule has 0 radical (unpaired) electrons. The topological polar surface area (TPSA) is 55.3 Å². The molecule has 7 heteroatoms. The molecule has 4 rings (SSSR count). The maximum atomic E-state index is 13.6. The van der Waals surface area contributed by atoms with E-state index in [9.17, 15) is 4.79 Å². The number of pyridine rings is 1. The second-order valence-electron chi connectivity index (χ2n) is 7.27. The van der Waals surface area contributed by atoms with Crippen molar-refractivity contribution in [2.45, 2.75) is 30.5 Å². The van der Waals surface area contributed by atoms with Crippen molar-refractivity contribution < 1.29 is 9.53 Å². The number of carbonyl (C=O) groups is 1. The minimum atomic E-state index is -0.0750. The van der Waals surface area contributed by atoms with Gasteiger partial charge in [-0.05, 0) is 48.0 Å². The number of carbonyl (C=O) groups excluding carboxylic acids is 1. The fraction of sp³-hybridized carbons (Fsp3) is 0.208. The maximum Gasteiger partial charge on any atom is 0.260 e. The zero-order chi connectivity index (χ0) is 21.8. The van der Waals surface area contributed by atoms with Crippen molar-refractivity contribution in [1.82, 2.24) is 9.97 Å². The zero-order valence-corrected chi connectivity index (χ0v) is 19.2. The molecule has 0 spiro atoms. The lowest BCUT2D eigenvalue weighted by Gasteiger charge is -2.20. The van der Waals surface area contributed by atoms with E-state index in [4.69, 9.17) is 9.72 Å². The van der Waals surface area contributed by atoms with Crippen molar-refractivity contribution in [2.75, 3.05) is 12.0 Å². The third-order valence-electron chi connectivity index (χ3n) is 4.60. The van der Waals surface area contributed by atoms with Crippen LogP contribution in [-0.4, -0.2) is 28.2 Å². The van der Waals surface area contributed by atoms with Crippen molar-refractivity contribution in [3.8, 4) is 5.75 Å². The molecule has 0 atom stereocenters. The molecule has 2 aromatic heterocycles. The molecule has 0 aliphatic rings. The van der Waals surface area contributed by atoms with Crippen LogP contribution in [0, 0.1) is 0 Å². The van der Waals surface area contributed by atoms with E-state index < -0.39 is 0 Å². The number of ether oxygens (including phenoxy) is 1. The van der Waals surface area contributed by atoms with Crippen LogP contribution in [0.1, 0.15) is 29.8 Å². The number of hydrogen-bond acceptors (Lipinski definition) is 6. The van der Waals surface area contributed by atoms with Gasteiger partial charge >= 0.3 is 0 Å². The van der Waals surface area contributed by atoms with Gasteiger partial charge in [0.05, 0.1) is 23.9 Å². The number of anilines is 1. The maximum absolute atomic E-state index is 13.6. The molecule has 0 aliphatic heterocycles. The third-order valence-corrected chi connectivity index (χ3v) is 6.66. The van der Waals surface area contributed by atoms with Gasteiger partial charge in [0.2, 0.25) is 0 Å². The molecule has 5 nitrogen and oxygen atoms in total. The van der Waals surface area contributed by atoms with E-state index in [0.717, 1.165) is 26.4 Å². The van der Waals surface area contributed by atoms with E-state index in [1.165, 1.54) is 11.3 Å². The standard InChI is InChI=1S/C24H23N3O2S2/c1-16(2)30-20-6-4-5-18(13-20)23(28)27(15-17-9-11-25-12-10-17)24-26-21-14-19(29-3)7-8-22(21)31-24/h4-14,16H,15H2,1-3H3. The van der Waals surface area contributed by atoms with E-state index in [-0.39, 0.29) is 5.91 Å². The summed E-state index contributed by atoms with van der Waals surface area (Å²) >= 11 is 3.24. The van der Waals surface area contributed by atoms with E-state index >= 15 is 0 Å². The lowest BCUT2D eigenvalue weighted by molar-refractivity contribution is 0.0985. The summed E-state index contributed by atoms with van der Waals surface area (Å²) in [6, 6.07) is 17.4. The molecule has 1 amide bonds. The molecule has 0 bridgehead atoms. The summed E-state index contributed by atoms with van der Waals surface area (Å²) in [5.74, 6) is 0.670. The van der Waals surface area contributed by atoms with Crippen LogP contribution in [0.2, 0.25) is 0 Å². The summed E-state index contributed by atoms with van der Waals surface area (Å²) in [6.45, 7) is 4.70. The Morgan fingerprint density at radius 3 is 2.68 bits per heavy atom. The summed E-state index contributed by atoms with van der Waals surface area (Å²) in [6.07, 6.45) is 3.47. The quantitative estimate of drug-likeness (QED) is 0.322. The Morgan fingerprint density at radius 2 is 1.94 bits per heavy atom. The van der Waals surface area contributed by atoms with Gasteiger partial charge in [-0.2, -0.15) is 0 Å². The largest absolute Gasteiger partial charge is 0.497 e. The van der Waals surface area contributed by atoms with Crippen molar-refractivity contribution >= 4 is 44.4 Å². The van der Waals surface area contributed by atoms with Crippen molar-refractivity contribution in [3.05, 3.63) is 78.1 Å². The number of nitrogens with zero attached hydrogens (tertiary/aromatic N) is 3. The zero-order valence-electron chi connectivity index (χ0n) is 17.6. The van der Waals surface area contributed by atoms with Crippen LogP contribution >= 0.6 is 23.1 Å². The Balaban J connectivity index is 1.73. The normalized spacial score (nSPS) is 11.1. The molecule has 2 heterocycles. The Labute approximate surface area is 190 Å². The molecule has 2 aromatic carbocycles. The fourth-order valence-electron chi connectivity index (χ4n) is 3.17.